The lowest BCUT2D eigenvalue weighted by Gasteiger charge is -2.29. The van der Waals surface area contributed by atoms with Crippen LogP contribution >= 0.6 is 0 Å². The quantitative estimate of drug-likeness (QED) is 0.447. The van der Waals surface area contributed by atoms with Crippen LogP contribution in [0.25, 0.3) is 0 Å². The van der Waals surface area contributed by atoms with E-state index in [1.807, 2.05) is 0 Å². The van der Waals surface area contributed by atoms with Crippen molar-refractivity contribution in [1.29, 1.82) is 0 Å². The highest BCUT2D eigenvalue weighted by atomic mass is 19.4. The number of carboxylic acids is 1. The number of para-hydroxylation sites is 1. The lowest BCUT2D eigenvalue weighted by molar-refractivity contribution is -0.171. The number of carbonyl (C=O) groups excluding carboxylic acids is 1. The highest BCUT2D eigenvalue weighted by Gasteiger charge is 2.48. The van der Waals surface area contributed by atoms with Gasteiger partial charge in [-0.25, -0.2) is 9.37 Å². The van der Waals surface area contributed by atoms with Crippen LogP contribution in [-0.4, -0.2) is 41.4 Å². The number of hydrogen-bond acceptors (Lipinski definition) is 6. The zero-order valence-electron chi connectivity index (χ0n) is 19.0. The molecule has 3 heterocycles. The molecule has 2 aliphatic rings. The van der Waals surface area contributed by atoms with Gasteiger partial charge in [0, 0.05) is 28.8 Å². The Bertz CT molecular complexity index is 1360. The Balaban J connectivity index is 1.51. The summed E-state index contributed by atoms with van der Waals surface area (Å²) in [6.07, 6.45) is -4.36. The van der Waals surface area contributed by atoms with E-state index in [2.05, 4.69) is 10.3 Å². The Kier molecular flexibility index (Phi) is 6.10. The fraction of sp³-hybridized carbons (Fsp3) is 0.240. The number of nitrogens with one attached hydrogen (secondary N) is 1. The Morgan fingerprint density at radius 2 is 1.89 bits per heavy atom. The summed E-state index contributed by atoms with van der Waals surface area (Å²) in [4.78, 5) is 28.3. The minimum absolute atomic E-state index is 0.0696. The molecule has 1 aromatic heterocycles. The van der Waals surface area contributed by atoms with Gasteiger partial charge in [0.2, 0.25) is 0 Å². The van der Waals surface area contributed by atoms with Crippen molar-refractivity contribution in [1.82, 2.24) is 4.98 Å². The topological polar surface area (TPSA) is 101 Å². The number of halogens is 4. The smallest absolute Gasteiger partial charge is 0.471 e. The number of amides is 1. The summed E-state index contributed by atoms with van der Waals surface area (Å²) < 4.78 is 65.6. The van der Waals surface area contributed by atoms with E-state index in [-0.39, 0.29) is 42.6 Å². The van der Waals surface area contributed by atoms with Crippen molar-refractivity contribution in [2.24, 2.45) is 0 Å². The van der Waals surface area contributed by atoms with Gasteiger partial charge >= 0.3 is 18.1 Å². The van der Waals surface area contributed by atoms with Crippen molar-refractivity contribution in [3.63, 3.8) is 0 Å². The summed E-state index contributed by atoms with van der Waals surface area (Å²) >= 11 is 0. The van der Waals surface area contributed by atoms with E-state index < -0.39 is 35.8 Å². The average Bonchev–Trinajstić information content (AvgIpc) is 3.45. The minimum Gasteiger partial charge on any atom is -0.493 e. The van der Waals surface area contributed by atoms with Crippen LogP contribution in [0.5, 0.6) is 11.5 Å². The molecule has 37 heavy (non-hydrogen) atoms. The fourth-order valence-corrected chi connectivity index (χ4v) is 4.50. The number of carbonyl (C=O) groups is 2. The zero-order chi connectivity index (χ0) is 26.3. The molecule has 0 saturated carbocycles. The second-order valence-electron chi connectivity index (χ2n) is 8.54. The second kappa shape index (κ2) is 9.26. The van der Waals surface area contributed by atoms with E-state index in [0.29, 0.717) is 21.7 Å². The summed E-state index contributed by atoms with van der Waals surface area (Å²) in [6, 6.07) is 10.4. The third-order valence-electron chi connectivity index (χ3n) is 6.13. The van der Waals surface area contributed by atoms with Crippen LogP contribution in [0, 0.1) is 5.82 Å². The van der Waals surface area contributed by atoms with E-state index in [1.54, 1.807) is 18.2 Å². The van der Waals surface area contributed by atoms with Crippen molar-refractivity contribution in [2.45, 2.75) is 24.6 Å². The van der Waals surface area contributed by atoms with E-state index >= 15 is 0 Å². The van der Waals surface area contributed by atoms with Gasteiger partial charge in [-0.1, -0.05) is 18.2 Å². The molecule has 2 aliphatic heterocycles. The number of ether oxygens (including phenoxy) is 2. The Hall–Kier alpha value is -4.35. The van der Waals surface area contributed by atoms with Crippen molar-refractivity contribution in [2.75, 3.05) is 23.4 Å². The Labute approximate surface area is 207 Å². The lowest BCUT2D eigenvalue weighted by Crippen LogP contribution is -2.44. The highest BCUT2D eigenvalue weighted by molar-refractivity contribution is 5.98. The van der Waals surface area contributed by atoms with Crippen molar-refractivity contribution in [3.8, 4) is 11.5 Å². The first-order valence-corrected chi connectivity index (χ1v) is 11.1. The van der Waals surface area contributed by atoms with Crippen LogP contribution in [0.1, 0.15) is 29.5 Å². The maximum absolute atomic E-state index is 13.7. The molecule has 0 aliphatic carbocycles. The van der Waals surface area contributed by atoms with Crippen LogP contribution in [0.4, 0.5) is 34.8 Å². The number of nitrogens with zero attached hydrogens (tertiary/aromatic N) is 2. The van der Waals surface area contributed by atoms with Crippen LogP contribution in [0.15, 0.2) is 54.7 Å². The number of alkyl halides is 3. The predicted molar refractivity (Wildman–Crippen MR) is 123 cm³/mol. The monoisotopic (exact) mass is 517 g/mol. The van der Waals surface area contributed by atoms with Crippen LogP contribution in [-0.2, 0) is 9.59 Å². The molecule has 0 radical (unpaired) electrons. The average molecular weight is 517 g/mol. The largest absolute Gasteiger partial charge is 0.493 e. The predicted octanol–water partition coefficient (Wildman–Crippen LogP) is 4.94. The molecule has 0 fully saturated rings. The van der Waals surface area contributed by atoms with Crippen molar-refractivity contribution < 1.29 is 41.7 Å². The summed E-state index contributed by atoms with van der Waals surface area (Å²) in [5.41, 5.74) is 1.19. The molecule has 2 aromatic carbocycles. The van der Waals surface area contributed by atoms with Gasteiger partial charge in [-0.05, 0) is 24.3 Å². The first-order valence-electron chi connectivity index (χ1n) is 11.1. The summed E-state index contributed by atoms with van der Waals surface area (Å²) in [5.74, 6) is -3.35. The molecular weight excluding hydrogens is 498 g/mol. The maximum Gasteiger partial charge on any atom is 0.471 e. The molecule has 2 N–H and O–H groups in total. The van der Waals surface area contributed by atoms with Gasteiger partial charge in [0.05, 0.1) is 31.0 Å². The Morgan fingerprint density at radius 1 is 1.08 bits per heavy atom. The van der Waals surface area contributed by atoms with Gasteiger partial charge in [0.1, 0.15) is 29.7 Å². The number of fused-ring (bicyclic) bond motifs is 2. The summed E-state index contributed by atoms with van der Waals surface area (Å²) in [6.45, 7) is -0.188. The first kappa shape index (κ1) is 24.3. The van der Waals surface area contributed by atoms with Crippen LogP contribution in [0.3, 0.4) is 0 Å². The lowest BCUT2D eigenvalue weighted by atomic mass is 9.97. The number of aromatic nitrogens is 1. The minimum atomic E-state index is -5.18. The van der Waals surface area contributed by atoms with Gasteiger partial charge in [-0.3, -0.25) is 14.5 Å². The van der Waals surface area contributed by atoms with Crippen LogP contribution < -0.4 is 19.7 Å². The van der Waals surface area contributed by atoms with E-state index in [9.17, 15) is 27.2 Å². The van der Waals surface area contributed by atoms with Gasteiger partial charge in [0.25, 0.3) is 0 Å². The van der Waals surface area contributed by atoms with E-state index in [1.165, 1.54) is 30.3 Å². The normalized spacial score (nSPS) is 17.8. The van der Waals surface area contributed by atoms with Crippen molar-refractivity contribution >= 4 is 29.1 Å². The SMILES string of the molecule is O=C(O)C[C@@H]1COc2cc(N(C(=O)C(F)(F)F)[C@@H]3COc4c(Nc5ccc(F)cn5)cccc43)ccc21. The number of pyridine rings is 1. The van der Waals surface area contributed by atoms with Gasteiger partial charge < -0.3 is 19.9 Å². The number of carboxylic acid groups (broad SMARTS) is 1. The molecule has 0 unspecified atom stereocenters. The molecule has 192 valence electrons. The standard InChI is InChI=1S/C25H19F4N3O5/c26-14-4-7-21(30-10-14)31-18-3-1-2-17-19(12-37-23(17)18)32(24(35)25(27,28)29)15-5-6-16-13(8-22(33)34)11-36-20(16)9-15/h1-7,9-10,13,19H,8,11-12H2,(H,30,31)(H,33,34)/t13-,19-/m1/s1. The number of rotatable bonds is 6. The second-order valence-corrected chi connectivity index (χ2v) is 8.54. The molecule has 3 aromatic rings. The molecule has 8 nitrogen and oxygen atoms in total. The maximum atomic E-state index is 13.7. The van der Waals surface area contributed by atoms with Crippen LogP contribution in [0.2, 0.25) is 0 Å². The fourth-order valence-electron chi connectivity index (χ4n) is 4.50. The van der Waals surface area contributed by atoms with E-state index in [4.69, 9.17) is 14.6 Å². The number of aliphatic carboxylic acids is 1. The molecule has 0 bridgehead atoms. The zero-order valence-corrected chi connectivity index (χ0v) is 19.0. The number of anilines is 3. The molecule has 5 rings (SSSR count). The number of hydrogen-bond donors (Lipinski definition) is 2. The molecule has 2 atom stereocenters. The summed E-state index contributed by atoms with van der Waals surface area (Å²) in [5, 5.41) is 12.0. The third-order valence-corrected chi connectivity index (χ3v) is 6.13. The number of benzene rings is 2. The van der Waals surface area contributed by atoms with Gasteiger partial charge in [-0.15, -0.1) is 0 Å². The molecule has 0 spiro atoms. The molecule has 0 saturated heterocycles. The molecule has 1 amide bonds. The van der Waals surface area contributed by atoms with E-state index in [0.717, 1.165) is 6.20 Å². The summed E-state index contributed by atoms with van der Waals surface area (Å²) in [7, 11) is 0. The third kappa shape index (κ3) is 4.74. The van der Waals surface area contributed by atoms with Gasteiger partial charge in [-0.2, -0.15) is 13.2 Å². The highest BCUT2D eigenvalue weighted by Crippen LogP contribution is 2.46. The first-order chi connectivity index (χ1) is 17.6. The molecule has 12 heteroatoms. The Morgan fingerprint density at radius 3 is 2.59 bits per heavy atom. The molecular formula is C25H19F4N3O5. The van der Waals surface area contributed by atoms with Crippen molar-refractivity contribution in [3.05, 3.63) is 71.7 Å². The van der Waals surface area contributed by atoms with Gasteiger partial charge in [0.15, 0.2) is 0 Å².